The first kappa shape index (κ1) is 15.3. The molecule has 0 spiro atoms. The highest BCUT2D eigenvalue weighted by Crippen LogP contribution is 2.17. The van der Waals surface area contributed by atoms with E-state index in [0.29, 0.717) is 12.2 Å². The lowest BCUT2D eigenvalue weighted by Gasteiger charge is -2.04. The molecule has 0 N–H and O–H groups in total. The average Bonchev–Trinajstić information content (AvgIpc) is 3.43. The Labute approximate surface area is 135 Å². The van der Waals surface area contributed by atoms with Gasteiger partial charge in [-0.05, 0) is 48.0 Å². The van der Waals surface area contributed by atoms with Gasteiger partial charge >= 0.3 is 0 Å². The second kappa shape index (κ2) is 7.11. The Hall–Kier alpha value is -2.59. The van der Waals surface area contributed by atoms with Gasteiger partial charge in [-0.2, -0.15) is 0 Å². The van der Waals surface area contributed by atoms with E-state index in [1.165, 1.54) is 0 Å². The Balaban J connectivity index is 1.58. The number of allylic oxidation sites excluding steroid dienone is 1. The Morgan fingerprint density at radius 2 is 1.78 bits per heavy atom. The molecule has 1 atom stereocenters. The molecule has 0 bridgehead atoms. The summed E-state index contributed by atoms with van der Waals surface area (Å²) in [4.78, 5) is 12.2. The number of hydrogen-bond acceptors (Lipinski definition) is 4. The van der Waals surface area contributed by atoms with Gasteiger partial charge in [-0.25, -0.2) is 0 Å². The van der Waals surface area contributed by atoms with Gasteiger partial charge in [0.2, 0.25) is 0 Å². The molecule has 118 valence electrons. The van der Waals surface area contributed by atoms with Gasteiger partial charge < -0.3 is 14.2 Å². The van der Waals surface area contributed by atoms with E-state index in [0.717, 1.165) is 23.7 Å². The minimum absolute atomic E-state index is 0.0436. The van der Waals surface area contributed by atoms with Gasteiger partial charge in [-0.3, -0.25) is 4.79 Å². The van der Waals surface area contributed by atoms with Gasteiger partial charge in [-0.1, -0.05) is 18.2 Å². The Morgan fingerprint density at radius 3 is 2.39 bits per heavy atom. The summed E-state index contributed by atoms with van der Waals surface area (Å²) in [5.41, 5.74) is 1.58. The van der Waals surface area contributed by atoms with Crippen LogP contribution < -0.4 is 9.47 Å². The second-order valence-electron chi connectivity index (χ2n) is 5.26. The van der Waals surface area contributed by atoms with Crippen LogP contribution in [0.25, 0.3) is 6.08 Å². The van der Waals surface area contributed by atoms with Crippen LogP contribution >= 0.6 is 0 Å². The second-order valence-corrected chi connectivity index (χ2v) is 5.26. The molecule has 4 nitrogen and oxygen atoms in total. The number of ether oxygens (including phenoxy) is 3. The number of benzene rings is 2. The molecule has 1 unspecified atom stereocenters. The average molecular weight is 310 g/mol. The largest absolute Gasteiger partial charge is 0.497 e. The predicted molar refractivity (Wildman–Crippen MR) is 88.0 cm³/mol. The van der Waals surface area contributed by atoms with Crippen LogP contribution in [0, 0.1) is 0 Å². The summed E-state index contributed by atoms with van der Waals surface area (Å²) in [6.07, 6.45) is 3.58. The molecule has 23 heavy (non-hydrogen) atoms. The molecular weight excluding hydrogens is 292 g/mol. The SMILES string of the molecule is COc1ccc(C=CC(=O)c2ccc(OCC3CO3)cc2)cc1. The molecule has 2 aromatic carbocycles. The van der Waals surface area contributed by atoms with Crippen molar-refractivity contribution in [3.8, 4) is 11.5 Å². The highest BCUT2D eigenvalue weighted by atomic mass is 16.6. The summed E-state index contributed by atoms with van der Waals surface area (Å²) in [6.45, 7) is 1.33. The number of ketones is 1. The third-order valence-corrected chi connectivity index (χ3v) is 3.52. The number of hydrogen-bond donors (Lipinski definition) is 0. The minimum Gasteiger partial charge on any atom is -0.497 e. The molecule has 1 aliphatic rings. The maximum Gasteiger partial charge on any atom is 0.185 e. The summed E-state index contributed by atoms with van der Waals surface area (Å²) < 4.78 is 15.7. The molecule has 1 heterocycles. The fourth-order valence-corrected chi connectivity index (χ4v) is 2.05. The fourth-order valence-electron chi connectivity index (χ4n) is 2.05. The van der Waals surface area contributed by atoms with Gasteiger partial charge in [-0.15, -0.1) is 0 Å². The lowest BCUT2D eigenvalue weighted by atomic mass is 10.1. The highest BCUT2D eigenvalue weighted by molar-refractivity contribution is 6.06. The number of methoxy groups -OCH3 is 1. The smallest absolute Gasteiger partial charge is 0.185 e. The van der Waals surface area contributed by atoms with E-state index in [9.17, 15) is 4.79 Å². The maximum atomic E-state index is 12.2. The van der Waals surface area contributed by atoms with E-state index in [4.69, 9.17) is 14.2 Å². The van der Waals surface area contributed by atoms with Crippen LogP contribution in [0.2, 0.25) is 0 Å². The van der Waals surface area contributed by atoms with Crippen molar-refractivity contribution in [3.63, 3.8) is 0 Å². The standard InChI is InChI=1S/C19H18O4/c1-21-16-7-2-14(3-8-16)4-11-19(20)15-5-9-17(10-6-15)22-12-18-13-23-18/h2-11,18H,12-13H2,1H3. The van der Waals surface area contributed by atoms with E-state index >= 15 is 0 Å². The van der Waals surface area contributed by atoms with Crippen molar-refractivity contribution in [1.82, 2.24) is 0 Å². The number of rotatable bonds is 7. The molecule has 1 saturated heterocycles. The van der Waals surface area contributed by atoms with Gasteiger partial charge in [0.25, 0.3) is 0 Å². The fraction of sp³-hybridized carbons (Fsp3) is 0.211. The number of carbonyl (C=O) groups excluding carboxylic acids is 1. The molecule has 4 heteroatoms. The van der Waals surface area contributed by atoms with Crippen LogP contribution in [0.1, 0.15) is 15.9 Å². The lowest BCUT2D eigenvalue weighted by Crippen LogP contribution is -2.04. The minimum atomic E-state index is -0.0436. The van der Waals surface area contributed by atoms with E-state index in [2.05, 4.69) is 0 Å². The van der Waals surface area contributed by atoms with Crippen molar-refractivity contribution in [2.75, 3.05) is 20.3 Å². The van der Waals surface area contributed by atoms with Crippen LogP contribution in [0.5, 0.6) is 11.5 Å². The van der Waals surface area contributed by atoms with Crippen molar-refractivity contribution in [2.45, 2.75) is 6.10 Å². The number of carbonyl (C=O) groups is 1. The molecule has 0 radical (unpaired) electrons. The quantitative estimate of drug-likeness (QED) is 0.447. The van der Waals surface area contributed by atoms with E-state index in [1.54, 1.807) is 43.5 Å². The molecule has 1 fully saturated rings. The van der Waals surface area contributed by atoms with Crippen molar-refractivity contribution in [2.24, 2.45) is 0 Å². The third kappa shape index (κ3) is 4.44. The van der Waals surface area contributed by atoms with E-state index < -0.39 is 0 Å². The van der Waals surface area contributed by atoms with Crippen molar-refractivity contribution in [3.05, 3.63) is 65.7 Å². The Bertz CT molecular complexity index is 682. The molecular formula is C19H18O4. The van der Waals surface area contributed by atoms with Crippen LogP contribution in [0.4, 0.5) is 0 Å². The van der Waals surface area contributed by atoms with Crippen molar-refractivity contribution < 1.29 is 19.0 Å². The van der Waals surface area contributed by atoms with E-state index in [1.807, 2.05) is 24.3 Å². The summed E-state index contributed by atoms with van der Waals surface area (Å²) in [6, 6.07) is 14.7. The first-order valence-electron chi connectivity index (χ1n) is 7.45. The zero-order valence-corrected chi connectivity index (χ0v) is 12.9. The lowest BCUT2D eigenvalue weighted by molar-refractivity contribution is 0.104. The highest BCUT2D eigenvalue weighted by Gasteiger charge is 2.22. The zero-order valence-electron chi connectivity index (χ0n) is 12.9. The predicted octanol–water partition coefficient (Wildman–Crippen LogP) is 3.37. The van der Waals surface area contributed by atoms with Crippen LogP contribution in [0.3, 0.4) is 0 Å². The molecule has 0 aliphatic carbocycles. The monoisotopic (exact) mass is 310 g/mol. The van der Waals surface area contributed by atoms with Gasteiger partial charge in [0.05, 0.1) is 13.7 Å². The first-order valence-corrected chi connectivity index (χ1v) is 7.45. The molecule has 0 saturated carbocycles. The summed E-state index contributed by atoms with van der Waals surface area (Å²) in [5.74, 6) is 1.50. The first-order chi connectivity index (χ1) is 11.2. The van der Waals surface area contributed by atoms with Crippen LogP contribution in [-0.4, -0.2) is 32.2 Å². The molecule has 2 aromatic rings. The zero-order chi connectivity index (χ0) is 16.1. The number of epoxide rings is 1. The molecule has 0 amide bonds. The normalized spacial score (nSPS) is 16.3. The third-order valence-electron chi connectivity index (χ3n) is 3.52. The van der Waals surface area contributed by atoms with Crippen LogP contribution in [0.15, 0.2) is 54.6 Å². The molecule has 3 rings (SSSR count). The van der Waals surface area contributed by atoms with Crippen molar-refractivity contribution in [1.29, 1.82) is 0 Å². The summed E-state index contributed by atoms with van der Waals surface area (Å²) >= 11 is 0. The van der Waals surface area contributed by atoms with Crippen LogP contribution in [-0.2, 0) is 4.74 Å². The van der Waals surface area contributed by atoms with Gasteiger partial charge in [0, 0.05) is 5.56 Å². The Kier molecular flexibility index (Phi) is 4.74. The summed E-state index contributed by atoms with van der Waals surface area (Å²) in [7, 11) is 1.62. The Morgan fingerprint density at radius 1 is 1.13 bits per heavy atom. The van der Waals surface area contributed by atoms with E-state index in [-0.39, 0.29) is 11.9 Å². The molecule has 1 aliphatic heterocycles. The maximum absolute atomic E-state index is 12.2. The van der Waals surface area contributed by atoms with Gasteiger partial charge in [0.1, 0.15) is 24.2 Å². The van der Waals surface area contributed by atoms with Crippen molar-refractivity contribution >= 4 is 11.9 Å². The van der Waals surface area contributed by atoms with Gasteiger partial charge in [0.15, 0.2) is 5.78 Å². The summed E-state index contributed by atoms with van der Waals surface area (Å²) in [5, 5.41) is 0. The topological polar surface area (TPSA) is 48.1 Å². The molecule has 0 aromatic heterocycles.